The van der Waals surface area contributed by atoms with E-state index in [4.69, 9.17) is 35.4 Å². The van der Waals surface area contributed by atoms with E-state index >= 15 is 0 Å². The van der Waals surface area contributed by atoms with E-state index in [1.54, 1.807) is 6.07 Å². The van der Waals surface area contributed by atoms with Crippen molar-refractivity contribution in [1.29, 1.82) is 0 Å². The second kappa shape index (κ2) is 6.88. The second-order valence-corrected chi connectivity index (χ2v) is 5.47. The normalized spacial score (nSPS) is 11.8. The Hall–Kier alpha value is -1.36. The molecule has 6 heteroatoms. The monoisotopic (exact) mass is 325 g/mol. The van der Waals surface area contributed by atoms with Crippen LogP contribution in [0.3, 0.4) is 0 Å². The van der Waals surface area contributed by atoms with Gasteiger partial charge in [-0.25, -0.2) is 4.98 Å². The predicted octanol–water partition coefficient (Wildman–Crippen LogP) is 4.44. The summed E-state index contributed by atoms with van der Waals surface area (Å²) in [5, 5.41) is 7.50. The van der Waals surface area contributed by atoms with Crippen molar-refractivity contribution in [3.63, 3.8) is 0 Å². The Labute approximate surface area is 133 Å². The summed E-state index contributed by atoms with van der Waals surface area (Å²) >= 11 is 17.1. The smallest absolute Gasteiger partial charge is 0.172 e. The Morgan fingerprint density at radius 1 is 1.25 bits per heavy atom. The highest BCUT2D eigenvalue weighted by molar-refractivity contribution is 7.80. The molecule has 2 aromatic rings. The number of pyridine rings is 1. The number of nitrogens with one attached hydrogen (secondary N) is 2. The highest BCUT2D eigenvalue weighted by Crippen LogP contribution is 2.22. The van der Waals surface area contributed by atoms with Crippen molar-refractivity contribution in [3.05, 3.63) is 58.2 Å². The SMILES string of the molecule is C[C@H](NC(=S)Nc1ncc(Cl)cc1Cl)c1ccccc1. The minimum absolute atomic E-state index is 0.0854. The first-order chi connectivity index (χ1) is 9.56. The number of aromatic nitrogens is 1. The predicted molar refractivity (Wildman–Crippen MR) is 88.5 cm³/mol. The lowest BCUT2D eigenvalue weighted by Crippen LogP contribution is -2.31. The first-order valence-corrected chi connectivity index (χ1v) is 7.16. The molecule has 104 valence electrons. The molecule has 1 aromatic heterocycles. The number of nitrogens with zero attached hydrogens (tertiary/aromatic N) is 1. The summed E-state index contributed by atoms with van der Waals surface area (Å²) in [4.78, 5) is 4.10. The highest BCUT2D eigenvalue weighted by Gasteiger charge is 2.09. The number of anilines is 1. The Bertz CT molecular complexity index is 605. The average molecular weight is 326 g/mol. The summed E-state index contributed by atoms with van der Waals surface area (Å²) in [6.07, 6.45) is 1.51. The third-order valence-electron chi connectivity index (χ3n) is 2.69. The zero-order chi connectivity index (χ0) is 14.5. The van der Waals surface area contributed by atoms with Crippen molar-refractivity contribution in [3.8, 4) is 0 Å². The van der Waals surface area contributed by atoms with Crippen LogP contribution in [-0.4, -0.2) is 10.1 Å². The molecule has 2 N–H and O–H groups in total. The van der Waals surface area contributed by atoms with Crippen LogP contribution in [0.1, 0.15) is 18.5 Å². The van der Waals surface area contributed by atoms with Gasteiger partial charge in [-0.05, 0) is 30.8 Å². The fraction of sp³-hybridized carbons (Fsp3) is 0.143. The van der Waals surface area contributed by atoms with Crippen molar-refractivity contribution in [2.24, 2.45) is 0 Å². The van der Waals surface area contributed by atoms with Gasteiger partial charge in [0.25, 0.3) is 0 Å². The van der Waals surface area contributed by atoms with Gasteiger partial charge < -0.3 is 10.6 Å². The number of rotatable bonds is 3. The lowest BCUT2D eigenvalue weighted by atomic mass is 10.1. The van der Waals surface area contributed by atoms with Gasteiger partial charge in [0.2, 0.25) is 0 Å². The zero-order valence-electron chi connectivity index (χ0n) is 10.7. The summed E-state index contributed by atoms with van der Waals surface area (Å²) in [6.45, 7) is 2.03. The summed E-state index contributed by atoms with van der Waals surface area (Å²) in [6, 6.07) is 11.7. The second-order valence-electron chi connectivity index (χ2n) is 4.21. The highest BCUT2D eigenvalue weighted by atomic mass is 35.5. The van der Waals surface area contributed by atoms with Crippen LogP contribution < -0.4 is 10.6 Å². The van der Waals surface area contributed by atoms with Crippen LogP contribution in [-0.2, 0) is 0 Å². The maximum absolute atomic E-state index is 6.03. The van der Waals surface area contributed by atoms with Crippen molar-refractivity contribution < 1.29 is 0 Å². The summed E-state index contributed by atoms with van der Waals surface area (Å²) in [5.74, 6) is 0.480. The molecule has 0 bridgehead atoms. The number of benzene rings is 1. The number of halogens is 2. The number of hydrogen-bond donors (Lipinski definition) is 2. The van der Waals surface area contributed by atoms with Gasteiger partial charge >= 0.3 is 0 Å². The Morgan fingerprint density at radius 2 is 1.95 bits per heavy atom. The molecular weight excluding hydrogens is 313 g/mol. The molecule has 0 saturated carbocycles. The fourth-order valence-electron chi connectivity index (χ4n) is 1.67. The third-order valence-corrected chi connectivity index (χ3v) is 3.40. The molecule has 1 atom stereocenters. The minimum Gasteiger partial charge on any atom is -0.356 e. The van der Waals surface area contributed by atoms with Crippen LogP contribution in [0.2, 0.25) is 10.0 Å². The molecule has 1 heterocycles. The van der Waals surface area contributed by atoms with Crippen molar-refractivity contribution in [2.75, 3.05) is 5.32 Å². The van der Waals surface area contributed by atoms with Gasteiger partial charge in [-0.3, -0.25) is 0 Å². The number of thiocarbonyl (C=S) groups is 1. The molecule has 20 heavy (non-hydrogen) atoms. The van der Waals surface area contributed by atoms with Crippen LogP contribution in [0.4, 0.5) is 5.82 Å². The van der Waals surface area contributed by atoms with Crippen molar-refractivity contribution >= 4 is 46.4 Å². The maximum atomic E-state index is 6.03. The zero-order valence-corrected chi connectivity index (χ0v) is 13.1. The molecule has 0 spiro atoms. The Kier molecular flexibility index (Phi) is 5.17. The van der Waals surface area contributed by atoms with E-state index in [0.29, 0.717) is 21.0 Å². The van der Waals surface area contributed by atoms with E-state index < -0.39 is 0 Å². The van der Waals surface area contributed by atoms with E-state index in [2.05, 4.69) is 15.6 Å². The Morgan fingerprint density at radius 3 is 2.60 bits per heavy atom. The summed E-state index contributed by atoms with van der Waals surface area (Å²) < 4.78 is 0. The van der Waals surface area contributed by atoms with E-state index in [1.165, 1.54) is 6.20 Å². The molecule has 0 aliphatic carbocycles. The first kappa shape index (κ1) is 15.0. The molecular formula is C14H13Cl2N3S. The van der Waals surface area contributed by atoms with Gasteiger partial charge in [0.15, 0.2) is 10.9 Å². The van der Waals surface area contributed by atoms with Crippen LogP contribution >= 0.6 is 35.4 Å². The van der Waals surface area contributed by atoms with Crippen molar-refractivity contribution in [2.45, 2.75) is 13.0 Å². The molecule has 0 unspecified atom stereocenters. The molecule has 0 radical (unpaired) electrons. The van der Waals surface area contributed by atoms with E-state index in [9.17, 15) is 0 Å². The fourth-order valence-corrected chi connectivity index (χ4v) is 2.37. The lowest BCUT2D eigenvalue weighted by Gasteiger charge is -2.17. The van der Waals surface area contributed by atoms with E-state index in [1.807, 2.05) is 37.3 Å². The molecule has 3 nitrogen and oxygen atoms in total. The van der Waals surface area contributed by atoms with E-state index in [0.717, 1.165) is 5.56 Å². The van der Waals surface area contributed by atoms with Crippen LogP contribution in [0.15, 0.2) is 42.6 Å². The lowest BCUT2D eigenvalue weighted by molar-refractivity contribution is 0.722. The van der Waals surface area contributed by atoms with Gasteiger partial charge in [0.1, 0.15) is 0 Å². The van der Waals surface area contributed by atoms with Gasteiger partial charge in [0, 0.05) is 6.20 Å². The summed E-state index contributed by atoms with van der Waals surface area (Å²) in [5.41, 5.74) is 1.15. The molecule has 1 aromatic carbocycles. The Balaban J connectivity index is 1.99. The van der Waals surface area contributed by atoms with Crippen molar-refractivity contribution in [1.82, 2.24) is 10.3 Å². The standard InChI is InChI=1S/C14H13Cl2N3S/c1-9(10-5-3-2-4-6-10)18-14(20)19-13-12(16)7-11(15)8-17-13/h2-9H,1H3,(H2,17,18,19,20)/t9-/m0/s1. The van der Waals surface area contributed by atoms with Gasteiger partial charge in [-0.2, -0.15) is 0 Å². The molecule has 0 aliphatic rings. The quantitative estimate of drug-likeness (QED) is 0.818. The first-order valence-electron chi connectivity index (χ1n) is 6.00. The average Bonchev–Trinajstić information content (AvgIpc) is 2.43. The largest absolute Gasteiger partial charge is 0.356 e. The third kappa shape index (κ3) is 4.07. The summed E-state index contributed by atoms with van der Waals surface area (Å²) in [7, 11) is 0. The molecule has 0 saturated heterocycles. The molecule has 0 aliphatic heterocycles. The van der Waals surface area contributed by atoms with Crippen LogP contribution in [0.25, 0.3) is 0 Å². The number of hydrogen-bond acceptors (Lipinski definition) is 2. The molecule has 0 amide bonds. The van der Waals surface area contributed by atoms with Gasteiger partial charge in [-0.15, -0.1) is 0 Å². The van der Waals surface area contributed by atoms with Crippen LogP contribution in [0, 0.1) is 0 Å². The minimum atomic E-state index is 0.0854. The van der Waals surface area contributed by atoms with E-state index in [-0.39, 0.29) is 6.04 Å². The maximum Gasteiger partial charge on any atom is 0.172 e. The van der Waals surface area contributed by atoms with Gasteiger partial charge in [0.05, 0.1) is 16.1 Å². The molecule has 0 fully saturated rings. The van der Waals surface area contributed by atoms with Gasteiger partial charge in [-0.1, -0.05) is 53.5 Å². The molecule has 2 rings (SSSR count). The topological polar surface area (TPSA) is 37.0 Å². The van der Waals surface area contributed by atoms with Crippen LogP contribution in [0.5, 0.6) is 0 Å².